The van der Waals surface area contributed by atoms with Crippen LogP contribution in [0.4, 0.5) is 10.5 Å². The molecule has 1 aromatic carbocycles. The first kappa shape index (κ1) is 15.7. The van der Waals surface area contributed by atoms with Crippen molar-refractivity contribution in [2.24, 2.45) is 0 Å². The van der Waals surface area contributed by atoms with Gasteiger partial charge in [-0.25, -0.2) is 9.52 Å². The number of nitro groups is 1. The second kappa shape index (κ2) is 5.72. The van der Waals surface area contributed by atoms with Crippen molar-refractivity contribution < 1.29 is 22.9 Å². The minimum atomic E-state index is -4.33. The maximum absolute atomic E-state index is 11.2. The zero-order valence-corrected chi connectivity index (χ0v) is 12.4. The Bertz CT molecular complexity index is 647. The molecule has 19 heavy (non-hydrogen) atoms. The summed E-state index contributed by atoms with van der Waals surface area (Å²) in [5.74, 6) is -0.369. The molecule has 0 bridgehead atoms. The van der Waals surface area contributed by atoms with Gasteiger partial charge < -0.3 is 4.74 Å². The van der Waals surface area contributed by atoms with E-state index in [0.717, 1.165) is 6.07 Å². The van der Waals surface area contributed by atoms with Gasteiger partial charge in [-0.05, 0) is 13.0 Å². The van der Waals surface area contributed by atoms with Crippen molar-refractivity contribution in [1.29, 1.82) is 0 Å². The molecule has 0 aromatic heterocycles. The highest BCUT2D eigenvalue weighted by molar-refractivity contribution is 9.10. The van der Waals surface area contributed by atoms with Gasteiger partial charge in [-0.15, -0.1) is 0 Å². The standard InChI is InChI=1S/C8H6BrClN2O6S/c1-4-2-5(9)3-6(12(14)15)7(4)18-8(13)11-19(10,16)17/h2-3H,1H3,(H,11,13). The fourth-order valence-corrected chi connectivity index (χ4v) is 2.18. The summed E-state index contributed by atoms with van der Waals surface area (Å²) >= 11 is 3.05. The quantitative estimate of drug-likeness (QED) is 0.493. The van der Waals surface area contributed by atoms with Gasteiger partial charge in [0.1, 0.15) is 0 Å². The zero-order chi connectivity index (χ0) is 14.8. The maximum atomic E-state index is 11.2. The van der Waals surface area contributed by atoms with Crippen molar-refractivity contribution in [3.8, 4) is 5.75 Å². The van der Waals surface area contributed by atoms with Crippen molar-refractivity contribution in [1.82, 2.24) is 4.72 Å². The second-order valence-corrected chi connectivity index (χ2v) is 6.47. The SMILES string of the molecule is Cc1cc(Br)cc([N+](=O)[O-])c1OC(=O)NS(=O)(=O)Cl. The summed E-state index contributed by atoms with van der Waals surface area (Å²) in [6.45, 7) is 1.45. The van der Waals surface area contributed by atoms with E-state index in [1.807, 2.05) is 0 Å². The van der Waals surface area contributed by atoms with Crippen LogP contribution < -0.4 is 9.46 Å². The summed E-state index contributed by atoms with van der Waals surface area (Å²) in [5.41, 5.74) is -0.225. The van der Waals surface area contributed by atoms with Gasteiger partial charge in [0, 0.05) is 26.8 Å². The molecule has 0 spiro atoms. The minimum absolute atomic E-state index is 0.267. The third-order valence-electron chi connectivity index (χ3n) is 1.82. The van der Waals surface area contributed by atoms with Crippen LogP contribution in [0.5, 0.6) is 5.75 Å². The lowest BCUT2D eigenvalue weighted by molar-refractivity contribution is -0.385. The van der Waals surface area contributed by atoms with Crippen LogP contribution in [0.25, 0.3) is 0 Å². The van der Waals surface area contributed by atoms with E-state index in [2.05, 4.69) is 20.7 Å². The highest BCUT2D eigenvalue weighted by Crippen LogP contribution is 2.34. The molecule has 1 rings (SSSR count). The molecule has 0 saturated carbocycles. The van der Waals surface area contributed by atoms with Crippen LogP contribution in [0.15, 0.2) is 16.6 Å². The van der Waals surface area contributed by atoms with Crippen LogP contribution in [0, 0.1) is 17.0 Å². The lowest BCUT2D eigenvalue weighted by atomic mass is 10.2. The Morgan fingerprint density at radius 2 is 2.11 bits per heavy atom. The predicted molar refractivity (Wildman–Crippen MR) is 69.5 cm³/mol. The van der Waals surface area contributed by atoms with Gasteiger partial charge in [0.25, 0.3) is 0 Å². The normalized spacial score (nSPS) is 10.9. The number of carbonyl (C=O) groups excluding carboxylic acids is 1. The number of hydrogen-bond acceptors (Lipinski definition) is 6. The van der Waals surface area contributed by atoms with E-state index < -0.39 is 25.9 Å². The van der Waals surface area contributed by atoms with Crippen molar-refractivity contribution in [2.75, 3.05) is 0 Å². The fourth-order valence-electron chi connectivity index (χ4n) is 1.19. The van der Waals surface area contributed by atoms with E-state index in [9.17, 15) is 23.3 Å². The van der Waals surface area contributed by atoms with E-state index in [1.54, 1.807) is 0 Å². The summed E-state index contributed by atoms with van der Waals surface area (Å²) in [7, 11) is 0.452. The highest BCUT2D eigenvalue weighted by atomic mass is 79.9. The summed E-state index contributed by atoms with van der Waals surface area (Å²) < 4.78 is 27.5. The Labute approximate surface area is 120 Å². The van der Waals surface area contributed by atoms with Crippen molar-refractivity contribution in [2.45, 2.75) is 6.92 Å². The fraction of sp³-hybridized carbons (Fsp3) is 0.125. The van der Waals surface area contributed by atoms with E-state index in [-0.39, 0.29) is 11.3 Å². The lowest BCUT2D eigenvalue weighted by Crippen LogP contribution is -2.29. The Kier molecular flexibility index (Phi) is 4.71. The van der Waals surface area contributed by atoms with Gasteiger partial charge in [0.2, 0.25) is 5.75 Å². The average Bonchev–Trinajstić information content (AvgIpc) is 2.18. The van der Waals surface area contributed by atoms with E-state index in [4.69, 9.17) is 10.7 Å². The molecule has 1 aromatic rings. The predicted octanol–water partition coefficient (Wildman–Crippen LogP) is 2.24. The van der Waals surface area contributed by atoms with Crippen LogP contribution in [-0.2, 0) is 9.24 Å². The summed E-state index contributed by atoms with van der Waals surface area (Å²) in [6, 6.07) is 2.58. The molecule has 104 valence electrons. The number of benzene rings is 1. The molecule has 0 radical (unpaired) electrons. The van der Waals surface area contributed by atoms with Crippen molar-refractivity contribution in [3.05, 3.63) is 32.3 Å². The van der Waals surface area contributed by atoms with Crippen LogP contribution >= 0.6 is 26.6 Å². The Morgan fingerprint density at radius 3 is 2.58 bits per heavy atom. The third kappa shape index (κ3) is 4.65. The van der Waals surface area contributed by atoms with Crippen LogP contribution in [0.1, 0.15) is 5.56 Å². The maximum Gasteiger partial charge on any atom is 0.427 e. The number of ether oxygens (including phenoxy) is 1. The molecule has 0 fully saturated rings. The number of nitrogens with one attached hydrogen (secondary N) is 1. The molecular weight excluding hydrogens is 368 g/mol. The molecule has 1 amide bonds. The zero-order valence-electron chi connectivity index (χ0n) is 9.22. The molecule has 8 nitrogen and oxygen atoms in total. The third-order valence-corrected chi connectivity index (χ3v) is 2.92. The van der Waals surface area contributed by atoms with E-state index in [1.165, 1.54) is 17.7 Å². The molecular formula is C8H6BrClN2O6S. The number of hydrogen-bond donors (Lipinski definition) is 1. The first-order valence-corrected chi connectivity index (χ1v) is 7.59. The van der Waals surface area contributed by atoms with Crippen LogP contribution in [-0.4, -0.2) is 19.4 Å². The molecule has 0 aliphatic carbocycles. The number of amides is 1. The van der Waals surface area contributed by atoms with Crippen LogP contribution in [0.3, 0.4) is 0 Å². The van der Waals surface area contributed by atoms with Gasteiger partial charge in [0.15, 0.2) is 0 Å². The highest BCUT2D eigenvalue weighted by Gasteiger charge is 2.23. The molecule has 0 unspecified atom stereocenters. The van der Waals surface area contributed by atoms with Crippen LogP contribution in [0.2, 0.25) is 0 Å². The van der Waals surface area contributed by atoms with Gasteiger partial charge in [-0.1, -0.05) is 15.9 Å². The average molecular weight is 374 g/mol. The van der Waals surface area contributed by atoms with Crippen molar-refractivity contribution >= 4 is 47.6 Å². The summed E-state index contributed by atoms with van der Waals surface area (Å²) in [6.07, 6.45) is -1.44. The first-order chi connectivity index (χ1) is 8.60. The molecule has 0 atom stereocenters. The Hall–Kier alpha value is -1.39. The molecule has 0 aliphatic heterocycles. The van der Waals surface area contributed by atoms with Gasteiger partial charge in [0.05, 0.1) is 4.92 Å². The molecule has 0 heterocycles. The van der Waals surface area contributed by atoms with E-state index in [0.29, 0.717) is 4.47 Å². The number of nitrogens with zero attached hydrogens (tertiary/aromatic N) is 1. The minimum Gasteiger partial charge on any atom is -0.402 e. The Balaban J connectivity index is 3.14. The number of halogens is 2. The van der Waals surface area contributed by atoms with E-state index >= 15 is 0 Å². The lowest BCUT2D eigenvalue weighted by Gasteiger charge is -2.08. The number of aryl methyl sites for hydroxylation is 1. The molecule has 11 heteroatoms. The number of carbonyl (C=O) groups is 1. The largest absolute Gasteiger partial charge is 0.427 e. The topological polar surface area (TPSA) is 116 Å². The number of nitro benzene ring substituents is 1. The summed E-state index contributed by atoms with van der Waals surface area (Å²) in [4.78, 5) is 21.3. The van der Waals surface area contributed by atoms with Gasteiger partial charge >= 0.3 is 21.0 Å². The van der Waals surface area contributed by atoms with Gasteiger partial charge in [-0.3, -0.25) is 10.1 Å². The molecule has 1 N–H and O–H groups in total. The molecule has 0 saturated heterocycles. The number of rotatable bonds is 3. The smallest absolute Gasteiger partial charge is 0.402 e. The Morgan fingerprint density at radius 1 is 1.53 bits per heavy atom. The monoisotopic (exact) mass is 372 g/mol. The van der Waals surface area contributed by atoms with Crippen molar-refractivity contribution in [3.63, 3.8) is 0 Å². The first-order valence-electron chi connectivity index (χ1n) is 4.49. The van der Waals surface area contributed by atoms with Gasteiger partial charge in [-0.2, -0.15) is 8.42 Å². The second-order valence-electron chi connectivity index (χ2n) is 3.26. The summed E-state index contributed by atoms with van der Waals surface area (Å²) in [5, 5.41) is 10.8. The molecule has 0 aliphatic rings.